The molecule has 2 aromatic rings. The highest BCUT2D eigenvalue weighted by atomic mass is 16.6. The van der Waals surface area contributed by atoms with Gasteiger partial charge in [0.2, 0.25) is 0 Å². The number of rotatable bonds is 5. The number of hydrogen-bond acceptors (Lipinski definition) is 6. The van der Waals surface area contributed by atoms with Gasteiger partial charge in [0.15, 0.2) is 5.78 Å². The summed E-state index contributed by atoms with van der Waals surface area (Å²) >= 11 is 0. The Morgan fingerprint density at radius 2 is 1.73 bits per heavy atom. The number of carbonyl (C=O) groups is 1. The molecule has 2 fully saturated rings. The molecule has 2 aliphatic rings. The monoisotopic (exact) mass is 408 g/mol. The Labute approximate surface area is 177 Å². The first-order chi connectivity index (χ1) is 14.5. The summed E-state index contributed by atoms with van der Waals surface area (Å²) in [6.07, 6.45) is 2.45. The van der Waals surface area contributed by atoms with E-state index in [1.807, 2.05) is 6.07 Å². The first-order valence-electron chi connectivity index (χ1n) is 10.6. The van der Waals surface area contributed by atoms with Crippen molar-refractivity contribution in [1.29, 1.82) is 0 Å². The number of benzene rings is 2. The number of likely N-dealkylation sites (N-methyl/N-ethyl adjacent to an activating group) is 1. The predicted molar refractivity (Wildman–Crippen MR) is 117 cm³/mol. The average molecular weight is 409 g/mol. The van der Waals surface area contributed by atoms with E-state index in [0.29, 0.717) is 22.9 Å². The van der Waals surface area contributed by atoms with Gasteiger partial charge in [-0.15, -0.1) is 0 Å². The fraction of sp³-hybridized carbons (Fsp3) is 0.435. The lowest BCUT2D eigenvalue weighted by Gasteiger charge is -2.43. The SMILES string of the molecule is CN1CCCC(N2CCN(c3ccc(C(=O)c4ccccc4)cc3[N+](=O)[O-])CC2)C1. The molecule has 0 spiro atoms. The Bertz CT molecular complexity index is 910. The molecule has 0 saturated carbocycles. The molecule has 30 heavy (non-hydrogen) atoms. The summed E-state index contributed by atoms with van der Waals surface area (Å²) in [6.45, 7) is 5.58. The van der Waals surface area contributed by atoms with Gasteiger partial charge in [0.25, 0.3) is 5.69 Å². The average Bonchev–Trinajstić information content (AvgIpc) is 2.79. The second kappa shape index (κ2) is 8.93. The molecule has 0 aromatic heterocycles. The lowest BCUT2D eigenvalue weighted by molar-refractivity contribution is -0.384. The summed E-state index contributed by atoms with van der Waals surface area (Å²) in [5.41, 5.74) is 1.48. The van der Waals surface area contributed by atoms with Gasteiger partial charge in [-0.05, 0) is 38.6 Å². The minimum atomic E-state index is -0.375. The molecule has 2 saturated heterocycles. The van der Waals surface area contributed by atoms with Gasteiger partial charge < -0.3 is 9.80 Å². The first kappa shape index (κ1) is 20.5. The highest BCUT2D eigenvalue weighted by molar-refractivity contribution is 6.09. The number of ketones is 1. The third-order valence-electron chi connectivity index (χ3n) is 6.24. The van der Waals surface area contributed by atoms with Crippen molar-refractivity contribution in [2.45, 2.75) is 18.9 Å². The molecule has 7 heteroatoms. The maximum absolute atomic E-state index is 12.7. The van der Waals surface area contributed by atoms with Crippen LogP contribution in [0.15, 0.2) is 48.5 Å². The number of likely N-dealkylation sites (tertiary alicyclic amines) is 1. The Morgan fingerprint density at radius 1 is 1.00 bits per heavy atom. The quantitative estimate of drug-likeness (QED) is 0.430. The molecule has 7 nitrogen and oxygen atoms in total. The molecule has 0 amide bonds. The van der Waals surface area contributed by atoms with Crippen LogP contribution in [0.25, 0.3) is 0 Å². The number of piperidine rings is 1. The second-order valence-corrected chi connectivity index (χ2v) is 8.24. The van der Waals surface area contributed by atoms with Crippen molar-refractivity contribution in [2.75, 3.05) is 51.2 Å². The molecule has 0 N–H and O–H groups in total. The van der Waals surface area contributed by atoms with E-state index in [2.05, 4.69) is 21.7 Å². The zero-order valence-electron chi connectivity index (χ0n) is 17.4. The maximum atomic E-state index is 12.7. The Morgan fingerprint density at radius 3 is 2.40 bits per heavy atom. The Hall–Kier alpha value is -2.77. The summed E-state index contributed by atoms with van der Waals surface area (Å²) in [7, 11) is 2.17. The van der Waals surface area contributed by atoms with Crippen LogP contribution < -0.4 is 4.90 Å². The minimum absolute atomic E-state index is 0.00244. The van der Waals surface area contributed by atoms with Crippen molar-refractivity contribution in [3.05, 3.63) is 69.8 Å². The summed E-state index contributed by atoms with van der Waals surface area (Å²) in [5, 5.41) is 11.8. The van der Waals surface area contributed by atoms with Crippen molar-refractivity contribution in [1.82, 2.24) is 9.80 Å². The normalized spacial score (nSPS) is 20.8. The van der Waals surface area contributed by atoms with Crippen LogP contribution in [0.5, 0.6) is 0 Å². The first-order valence-corrected chi connectivity index (χ1v) is 10.6. The highest BCUT2D eigenvalue weighted by Gasteiger charge is 2.29. The van der Waals surface area contributed by atoms with Crippen LogP contribution in [0.4, 0.5) is 11.4 Å². The number of piperazine rings is 1. The Kier molecular flexibility index (Phi) is 6.11. The molecular weight excluding hydrogens is 380 g/mol. The van der Waals surface area contributed by atoms with Crippen LogP contribution in [0.3, 0.4) is 0 Å². The van der Waals surface area contributed by atoms with Gasteiger partial charge in [0.1, 0.15) is 5.69 Å². The minimum Gasteiger partial charge on any atom is -0.363 e. The molecule has 4 rings (SSSR count). The van der Waals surface area contributed by atoms with Gasteiger partial charge in [-0.3, -0.25) is 19.8 Å². The summed E-state index contributed by atoms with van der Waals surface area (Å²) < 4.78 is 0. The van der Waals surface area contributed by atoms with Gasteiger partial charge in [0, 0.05) is 56.0 Å². The topological polar surface area (TPSA) is 69.9 Å². The van der Waals surface area contributed by atoms with E-state index in [0.717, 1.165) is 39.3 Å². The maximum Gasteiger partial charge on any atom is 0.293 e. The van der Waals surface area contributed by atoms with E-state index >= 15 is 0 Å². The van der Waals surface area contributed by atoms with Crippen molar-refractivity contribution in [2.24, 2.45) is 0 Å². The number of nitro groups is 1. The molecule has 2 heterocycles. The number of nitrogens with zero attached hydrogens (tertiary/aromatic N) is 4. The van der Waals surface area contributed by atoms with Gasteiger partial charge in [-0.25, -0.2) is 0 Å². The summed E-state index contributed by atoms with van der Waals surface area (Å²) in [5.74, 6) is -0.198. The molecule has 158 valence electrons. The zero-order chi connectivity index (χ0) is 21.1. The fourth-order valence-electron chi connectivity index (χ4n) is 4.60. The van der Waals surface area contributed by atoms with Gasteiger partial charge in [-0.1, -0.05) is 30.3 Å². The van der Waals surface area contributed by atoms with Crippen LogP contribution in [-0.4, -0.2) is 72.9 Å². The van der Waals surface area contributed by atoms with Crippen molar-refractivity contribution in [3.63, 3.8) is 0 Å². The molecule has 2 aromatic carbocycles. The molecule has 0 bridgehead atoms. The zero-order valence-corrected chi connectivity index (χ0v) is 17.4. The van der Waals surface area contributed by atoms with E-state index in [4.69, 9.17) is 0 Å². The number of nitro benzene ring substituents is 1. The van der Waals surface area contributed by atoms with Crippen LogP contribution in [0, 0.1) is 10.1 Å². The Balaban J connectivity index is 1.49. The highest BCUT2D eigenvalue weighted by Crippen LogP contribution is 2.31. The van der Waals surface area contributed by atoms with E-state index in [-0.39, 0.29) is 16.4 Å². The molecule has 1 unspecified atom stereocenters. The van der Waals surface area contributed by atoms with Crippen LogP contribution in [-0.2, 0) is 0 Å². The van der Waals surface area contributed by atoms with Crippen LogP contribution >= 0.6 is 0 Å². The van der Waals surface area contributed by atoms with Crippen molar-refractivity contribution in [3.8, 4) is 0 Å². The largest absolute Gasteiger partial charge is 0.363 e. The third-order valence-corrected chi connectivity index (χ3v) is 6.24. The van der Waals surface area contributed by atoms with Crippen molar-refractivity contribution < 1.29 is 9.72 Å². The molecule has 0 aliphatic carbocycles. The summed E-state index contributed by atoms with van der Waals surface area (Å²) in [4.78, 5) is 31.1. The van der Waals surface area contributed by atoms with Crippen LogP contribution in [0.2, 0.25) is 0 Å². The molecule has 0 radical (unpaired) electrons. The van der Waals surface area contributed by atoms with Gasteiger partial charge in [0.05, 0.1) is 4.92 Å². The predicted octanol–water partition coefficient (Wildman–Crippen LogP) is 3.04. The second-order valence-electron chi connectivity index (χ2n) is 8.24. The van der Waals surface area contributed by atoms with Gasteiger partial charge in [-0.2, -0.15) is 0 Å². The van der Waals surface area contributed by atoms with E-state index in [1.54, 1.807) is 36.4 Å². The molecule has 1 atom stereocenters. The number of hydrogen-bond donors (Lipinski definition) is 0. The molecule has 2 aliphatic heterocycles. The lowest BCUT2D eigenvalue weighted by atomic mass is 10.0. The van der Waals surface area contributed by atoms with E-state index < -0.39 is 0 Å². The lowest BCUT2D eigenvalue weighted by Crippen LogP contribution is -2.54. The van der Waals surface area contributed by atoms with Crippen LogP contribution in [0.1, 0.15) is 28.8 Å². The number of carbonyl (C=O) groups excluding carboxylic acids is 1. The van der Waals surface area contributed by atoms with Gasteiger partial charge >= 0.3 is 0 Å². The van der Waals surface area contributed by atoms with Crippen molar-refractivity contribution >= 4 is 17.2 Å². The fourth-order valence-corrected chi connectivity index (χ4v) is 4.60. The standard InChI is InChI=1S/C23H28N4O3/c1-24-11-5-8-20(17-24)25-12-14-26(15-13-25)21-10-9-19(16-22(21)27(29)30)23(28)18-6-3-2-4-7-18/h2-4,6-7,9-10,16,20H,5,8,11-15,17H2,1H3. The van der Waals surface area contributed by atoms with E-state index in [9.17, 15) is 14.9 Å². The third kappa shape index (κ3) is 4.37. The smallest absolute Gasteiger partial charge is 0.293 e. The summed E-state index contributed by atoms with van der Waals surface area (Å²) in [6, 6.07) is 14.3. The van der Waals surface area contributed by atoms with E-state index in [1.165, 1.54) is 18.9 Å². The number of anilines is 1. The molecular formula is C23H28N4O3.